The minimum atomic E-state index is -3.53. The van der Waals surface area contributed by atoms with E-state index in [2.05, 4.69) is 0 Å². The molecule has 0 aliphatic carbocycles. The van der Waals surface area contributed by atoms with E-state index in [-0.39, 0.29) is 19.0 Å². The lowest BCUT2D eigenvalue weighted by atomic mass is 10.2. The third-order valence-electron chi connectivity index (χ3n) is 4.17. The highest BCUT2D eigenvalue weighted by molar-refractivity contribution is 7.92. The lowest BCUT2D eigenvalue weighted by Crippen LogP contribution is -2.50. The van der Waals surface area contributed by atoms with Gasteiger partial charge in [0.05, 0.1) is 5.56 Å². The highest BCUT2D eigenvalue weighted by atomic mass is 32.2. The van der Waals surface area contributed by atoms with Crippen LogP contribution in [-0.2, 0) is 10.0 Å². The summed E-state index contributed by atoms with van der Waals surface area (Å²) in [6, 6.07) is 12.1. The molecular weight excluding hydrogens is 354 g/mol. The summed E-state index contributed by atoms with van der Waals surface area (Å²) in [7, 11) is -3.53. The Kier molecular flexibility index (Phi) is 5.34. The van der Waals surface area contributed by atoms with E-state index >= 15 is 0 Å². The van der Waals surface area contributed by atoms with Crippen molar-refractivity contribution in [1.29, 1.82) is 0 Å². The number of carbonyl (C=O) groups is 1. The molecule has 8 heteroatoms. The largest absolute Gasteiger partial charge is 0.619 e. The van der Waals surface area contributed by atoms with Crippen molar-refractivity contribution in [3.05, 3.63) is 76.6 Å². The van der Waals surface area contributed by atoms with Crippen molar-refractivity contribution in [1.82, 2.24) is 9.21 Å². The number of pyridine rings is 1. The molecule has 136 valence electrons. The zero-order valence-corrected chi connectivity index (χ0v) is 14.9. The Morgan fingerprint density at radius 3 is 2.23 bits per heavy atom. The van der Waals surface area contributed by atoms with Gasteiger partial charge in [0.2, 0.25) is 10.0 Å². The molecule has 2 heterocycles. The molecule has 0 bridgehead atoms. The number of benzene rings is 1. The zero-order valence-electron chi connectivity index (χ0n) is 14.1. The van der Waals surface area contributed by atoms with Crippen LogP contribution in [0.5, 0.6) is 0 Å². The molecule has 7 nitrogen and oxygen atoms in total. The SMILES string of the molecule is O=C(c1cc[n+]([O-])cc1)N1CCN(S(=O)(=O)/C=C/c2ccccc2)CC1. The number of sulfonamides is 1. The molecule has 3 rings (SSSR count). The van der Waals surface area contributed by atoms with E-state index in [0.29, 0.717) is 23.4 Å². The minimum Gasteiger partial charge on any atom is -0.619 e. The van der Waals surface area contributed by atoms with Crippen LogP contribution in [0.3, 0.4) is 0 Å². The molecule has 1 saturated heterocycles. The minimum absolute atomic E-state index is 0.206. The van der Waals surface area contributed by atoms with Gasteiger partial charge in [-0.3, -0.25) is 4.79 Å². The number of hydrogen-bond donors (Lipinski definition) is 0. The maximum absolute atomic E-state index is 12.4. The predicted octanol–water partition coefficient (Wildman–Crippen LogP) is 1.08. The van der Waals surface area contributed by atoms with E-state index in [1.807, 2.05) is 30.3 Å². The van der Waals surface area contributed by atoms with Gasteiger partial charge in [-0.25, -0.2) is 8.42 Å². The lowest BCUT2D eigenvalue weighted by Gasteiger charge is -2.33. The molecule has 1 aromatic heterocycles. The Hall–Kier alpha value is -2.71. The summed E-state index contributed by atoms with van der Waals surface area (Å²) in [5.74, 6) is -0.206. The number of carbonyl (C=O) groups excluding carboxylic acids is 1. The van der Waals surface area contributed by atoms with Gasteiger partial charge < -0.3 is 10.1 Å². The fraction of sp³-hybridized carbons (Fsp3) is 0.222. The normalized spacial score (nSPS) is 16.1. The summed E-state index contributed by atoms with van der Waals surface area (Å²) >= 11 is 0. The highest BCUT2D eigenvalue weighted by Gasteiger charge is 2.27. The number of rotatable bonds is 4. The van der Waals surface area contributed by atoms with Crippen LogP contribution in [-0.4, -0.2) is 49.7 Å². The third kappa shape index (κ3) is 4.27. The molecule has 0 N–H and O–H groups in total. The van der Waals surface area contributed by atoms with Crippen molar-refractivity contribution in [3.63, 3.8) is 0 Å². The highest BCUT2D eigenvalue weighted by Crippen LogP contribution is 2.13. The van der Waals surface area contributed by atoms with Crippen molar-refractivity contribution in [2.75, 3.05) is 26.2 Å². The second-order valence-electron chi connectivity index (χ2n) is 5.90. The number of nitrogens with zero attached hydrogens (tertiary/aromatic N) is 3. The summed E-state index contributed by atoms with van der Waals surface area (Å²) in [5.41, 5.74) is 1.22. The first-order valence-corrected chi connectivity index (χ1v) is 9.67. The second kappa shape index (κ2) is 7.67. The summed E-state index contributed by atoms with van der Waals surface area (Å²) in [6.07, 6.45) is 4.10. The molecule has 1 aliphatic rings. The third-order valence-corrected chi connectivity index (χ3v) is 5.73. The Morgan fingerprint density at radius 1 is 1.00 bits per heavy atom. The van der Waals surface area contributed by atoms with Crippen LogP contribution in [0, 0.1) is 5.21 Å². The van der Waals surface area contributed by atoms with E-state index in [0.717, 1.165) is 5.56 Å². The van der Waals surface area contributed by atoms with E-state index in [1.54, 1.807) is 11.0 Å². The fourth-order valence-electron chi connectivity index (χ4n) is 2.70. The van der Waals surface area contributed by atoms with Gasteiger partial charge in [-0.1, -0.05) is 30.3 Å². The fourth-order valence-corrected chi connectivity index (χ4v) is 3.87. The van der Waals surface area contributed by atoms with E-state index in [9.17, 15) is 18.4 Å². The Labute approximate surface area is 152 Å². The molecule has 0 radical (unpaired) electrons. The molecule has 1 amide bonds. The summed E-state index contributed by atoms with van der Waals surface area (Å²) in [5, 5.41) is 12.2. The molecule has 2 aromatic rings. The molecule has 0 atom stereocenters. The molecule has 0 unspecified atom stereocenters. The first-order valence-electron chi connectivity index (χ1n) is 8.17. The quantitative estimate of drug-likeness (QED) is 0.593. The molecule has 0 spiro atoms. The average molecular weight is 373 g/mol. The van der Waals surface area contributed by atoms with Crippen LogP contribution in [0.2, 0.25) is 0 Å². The van der Waals surface area contributed by atoms with Crippen LogP contribution in [0.25, 0.3) is 6.08 Å². The number of hydrogen-bond acceptors (Lipinski definition) is 4. The van der Waals surface area contributed by atoms with Gasteiger partial charge in [0, 0.05) is 43.7 Å². The van der Waals surface area contributed by atoms with Gasteiger partial charge in [-0.15, -0.1) is 0 Å². The number of aromatic nitrogens is 1. The Bertz CT molecular complexity index is 888. The van der Waals surface area contributed by atoms with Gasteiger partial charge >= 0.3 is 0 Å². The van der Waals surface area contributed by atoms with Crippen molar-refractivity contribution in [3.8, 4) is 0 Å². The van der Waals surface area contributed by atoms with Crippen molar-refractivity contribution in [2.24, 2.45) is 0 Å². The monoisotopic (exact) mass is 373 g/mol. The average Bonchev–Trinajstić information content (AvgIpc) is 2.67. The predicted molar refractivity (Wildman–Crippen MR) is 97.3 cm³/mol. The van der Waals surface area contributed by atoms with Crippen LogP contribution >= 0.6 is 0 Å². The van der Waals surface area contributed by atoms with E-state index < -0.39 is 10.0 Å². The summed E-state index contributed by atoms with van der Waals surface area (Å²) in [6.45, 7) is 1.09. The maximum Gasteiger partial charge on any atom is 0.254 e. The van der Waals surface area contributed by atoms with Gasteiger partial charge in [0.15, 0.2) is 12.4 Å². The second-order valence-corrected chi connectivity index (χ2v) is 7.71. The van der Waals surface area contributed by atoms with Crippen LogP contribution < -0.4 is 4.73 Å². The molecule has 1 fully saturated rings. The first kappa shape index (κ1) is 18.1. The van der Waals surface area contributed by atoms with Crippen LogP contribution in [0.1, 0.15) is 15.9 Å². The van der Waals surface area contributed by atoms with Gasteiger partial charge in [0.25, 0.3) is 5.91 Å². The Balaban J connectivity index is 1.61. The van der Waals surface area contributed by atoms with Crippen molar-refractivity contribution < 1.29 is 17.9 Å². The zero-order chi connectivity index (χ0) is 18.6. The number of piperazine rings is 1. The van der Waals surface area contributed by atoms with Crippen LogP contribution in [0.4, 0.5) is 0 Å². The standard InChI is InChI=1S/C18H19N3O4S/c22-18(17-6-9-20(23)10-7-17)19-11-13-21(14-12-19)26(24,25)15-8-16-4-2-1-3-5-16/h1-10,15H,11-14H2/b15-8+. The van der Waals surface area contributed by atoms with Gasteiger partial charge in [-0.05, 0) is 11.6 Å². The summed E-state index contributed by atoms with van der Waals surface area (Å²) in [4.78, 5) is 14.0. The summed E-state index contributed by atoms with van der Waals surface area (Å²) < 4.78 is 26.9. The molecule has 1 aliphatic heterocycles. The maximum atomic E-state index is 12.4. The molecule has 26 heavy (non-hydrogen) atoms. The molecular formula is C18H19N3O4S. The topological polar surface area (TPSA) is 84.6 Å². The van der Waals surface area contributed by atoms with Crippen molar-refractivity contribution in [2.45, 2.75) is 0 Å². The Morgan fingerprint density at radius 2 is 1.62 bits per heavy atom. The van der Waals surface area contributed by atoms with Gasteiger partial charge in [-0.2, -0.15) is 9.04 Å². The molecule has 1 aromatic carbocycles. The van der Waals surface area contributed by atoms with Gasteiger partial charge in [0.1, 0.15) is 0 Å². The van der Waals surface area contributed by atoms with Crippen molar-refractivity contribution >= 4 is 22.0 Å². The van der Waals surface area contributed by atoms with E-state index in [4.69, 9.17) is 0 Å². The first-order chi connectivity index (χ1) is 12.5. The van der Waals surface area contributed by atoms with E-state index in [1.165, 1.54) is 34.2 Å². The molecule has 0 saturated carbocycles. The lowest BCUT2D eigenvalue weighted by molar-refractivity contribution is -0.605. The number of amides is 1. The smallest absolute Gasteiger partial charge is 0.254 e. The van der Waals surface area contributed by atoms with Crippen LogP contribution in [0.15, 0.2) is 60.3 Å².